The number of carbonyl (C=O) groups is 1. The zero-order valence-corrected chi connectivity index (χ0v) is 14.2. The molecule has 1 aromatic carbocycles. The number of cyclic esters (lactones) is 1. The number of aliphatic imine (C=N–C) groups is 1. The van der Waals surface area contributed by atoms with E-state index >= 15 is 0 Å². The summed E-state index contributed by atoms with van der Waals surface area (Å²) in [6.07, 6.45) is 0.494. The second-order valence-electron chi connectivity index (χ2n) is 5.76. The van der Waals surface area contributed by atoms with E-state index in [0.29, 0.717) is 29.1 Å². The normalized spacial score (nSPS) is 22.5. The lowest BCUT2D eigenvalue weighted by Gasteiger charge is -2.32. The molecule has 3 heterocycles. The van der Waals surface area contributed by atoms with E-state index in [2.05, 4.69) is 20.9 Å². The van der Waals surface area contributed by atoms with Crippen molar-refractivity contribution >= 4 is 33.4 Å². The minimum atomic E-state index is -0.700. The fourth-order valence-corrected chi connectivity index (χ4v) is 3.73. The Hall–Kier alpha value is -2.22. The van der Waals surface area contributed by atoms with Gasteiger partial charge in [-0.05, 0) is 33.6 Å². The molecule has 1 saturated heterocycles. The standard InChI is InChI=1S/C16H12BrFN2O4/c1-20-14-13(16(22)24-20)11(7-2-3-9(18)8(17)6-7)12-10(19-14)4-5-23-15(12)21/h2-3,6,11-12H,4-5H2,1H3. The number of carbonyl (C=O) groups excluding carboxylic acids is 1. The Bertz CT molecular complexity index is 946. The van der Waals surface area contributed by atoms with Gasteiger partial charge in [0, 0.05) is 25.1 Å². The Morgan fingerprint density at radius 2 is 2.12 bits per heavy atom. The molecular weight excluding hydrogens is 383 g/mol. The SMILES string of the molecule is Cn1oc(=O)c2c1N=C1CCOC(=O)C1C2c1ccc(F)c(Br)c1. The molecule has 6 nitrogen and oxygen atoms in total. The molecule has 0 bridgehead atoms. The van der Waals surface area contributed by atoms with E-state index in [1.54, 1.807) is 19.2 Å². The molecule has 0 aliphatic carbocycles. The minimum absolute atomic E-state index is 0.259. The first kappa shape index (κ1) is 15.3. The van der Waals surface area contributed by atoms with E-state index in [4.69, 9.17) is 9.26 Å². The number of fused-ring (bicyclic) bond motifs is 2. The van der Waals surface area contributed by atoms with Crippen LogP contribution in [0.4, 0.5) is 10.2 Å². The molecule has 124 valence electrons. The fourth-order valence-electron chi connectivity index (χ4n) is 3.33. The van der Waals surface area contributed by atoms with Crippen molar-refractivity contribution in [3.05, 3.63) is 50.0 Å². The van der Waals surface area contributed by atoms with Crippen LogP contribution in [0.15, 0.2) is 37.0 Å². The Labute approximate surface area is 144 Å². The lowest BCUT2D eigenvalue weighted by atomic mass is 9.75. The van der Waals surface area contributed by atoms with Crippen LogP contribution in [0.25, 0.3) is 0 Å². The van der Waals surface area contributed by atoms with Crippen LogP contribution < -0.4 is 5.63 Å². The number of aryl methyl sites for hydroxylation is 1. The van der Waals surface area contributed by atoms with E-state index in [1.807, 2.05) is 0 Å². The maximum Gasteiger partial charge on any atom is 0.363 e. The summed E-state index contributed by atoms with van der Waals surface area (Å²) in [5.74, 6) is -1.77. The molecule has 4 rings (SSSR count). The van der Waals surface area contributed by atoms with Crippen LogP contribution in [0.3, 0.4) is 0 Å². The smallest absolute Gasteiger partial charge is 0.363 e. The summed E-state index contributed by atoms with van der Waals surface area (Å²) >= 11 is 3.15. The lowest BCUT2D eigenvalue weighted by molar-refractivity contribution is -0.147. The molecule has 2 unspecified atom stereocenters. The van der Waals surface area contributed by atoms with Gasteiger partial charge in [0.15, 0.2) is 5.82 Å². The Morgan fingerprint density at radius 1 is 1.33 bits per heavy atom. The second kappa shape index (κ2) is 5.41. The van der Waals surface area contributed by atoms with E-state index in [-0.39, 0.29) is 11.1 Å². The third-order valence-electron chi connectivity index (χ3n) is 4.39. The number of ether oxygens (including phenoxy) is 1. The summed E-state index contributed by atoms with van der Waals surface area (Å²) < 4.78 is 25.5. The molecule has 0 spiro atoms. The molecule has 2 aliphatic heterocycles. The molecule has 0 saturated carbocycles. The molecule has 2 aromatic rings. The Kier molecular flexibility index (Phi) is 3.45. The highest BCUT2D eigenvalue weighted by atomic mass is 79.9. The molecule has 1 aromatic heterocycles. The van der Waals surface area contributed by atoms with Crippen molar-refractivity contribution in [3.63, 3.8) is 0 Å². The summed E-state index contributed by atoms with van der Waals surface area (Å²) in [6, 6.07) is 4.43. The van der Waals surface area contributed by atoms with Crippen LogP contribution in [-0.4, -0.2) is 23.0 Å². The van der Waals surface area contributed by atoms with Gasteiger partial charge in [-0.2, -0.15) is 4.74 Å². The summed E-state index contributed by atoms with van der Waals surface area (Å²) in [5, 5.41) is 0. The van der Waals surface area contributed by atoms with E-state index in [1.165, 1.54) is 10.8 Å². The summed E-state index contributed by atoms with van der Waals surface area (Å²) in [6.45, 7) is 0.259. The van der Waals surface area contributed by atoms with Gasteiger partial charge in [0.2, 0.25) is 0 Å². The first-order valence-corrected chi connectivity index (χ1v) is 8.16. The van der Waals surface area contributed by atoms with E-state index < -0.39 is 29.2 Å². The van der Waals surface area contributed by atoms with Gasteiger partial charge in [-0.25, -0.2) is 14.2 Å². The van der Waals surface area contributed by atoms with Gasteiger partial charge < -0.3 is 9.26 Å². The first-order chi connectivity index (χ1) is 11.5. The van der Waals surface area contributed by atoms with Crippen molar-refractivity contribution in [3.8, 4) is 0 Å². The average Bonchev–Trinajstić information content (AvgIpc) is 2.83. The average molecular weight is 395 g/mol. The highest BCUT2D eigenvalue weighted by molar-refractivity contribution is 9.10. The second-order valence-corrected chi connectivity index (χ2v) is 6.62. The van der Waals surface area contributed by atoms with Crippen LogP contribution in [0.5, 0.6) is 0 Å². The van der Waals surface area contributed by atoms with Gasteiger partial charge in [0.25, 0.3) is 0 Å². The van der Waals surface area contributed by atoms with E-state index in [9.17, 15) is 14.0 Å². The monoisotopic (exact) mass is 394 g/mol. The van der Waals surface area contributed by atoms with Gasteiger partial charge in [-0.15, -0.1) is 0 Å². The van der Waals surface area contributed by atoms with Crippen molar-refractivity contribution in [2.24, 2.45) is 18.0 Å². The highest BCUT2D eigenvalue weighted by Gasteiger charge is 2.45. The van der Waals surface area contributed by atoms with Crippen LogP contribution in [0, 0.1) is 11.7 Å². The topological polar surface area (TPSA) is 73.8 Å². The van der Waals surface area contributed by atoms with Crippen LogP contribution in [-0.2, 0) is 16.6 Å². The zero-order chi connectivity index (χ0) is 17.0. The number of benzene rings is 1. The molecule has 24 heavy (non-hydrogen) atoms. The molecule has 2 atom stereocenters. The van der Waals surface area contributed by atoms with Crippen molar-refractivity contribution in [2.45, 2.75) is 12.3 Å². The van der Waals surface area contributed by atoms with Gasteiger partial charge in [-0.3, -0.25) is 4.79 Å². The van der Waals surface area contributed by atoms with E-state index in [0.717, 1.165) is 0 Å². The van der Waals surface area contributed by atoms with Crippen molar-refractivity contribution in [1.82, 2.24) is 4.74 Å². The summed E-state index contributed by atoms with van der Waals surface area (Å²) in [7, 11) is 1.59. The predicted octanol–water partition coefficient (Wildman–Crippen LogP) is 2.66. The zero-order valence-electron chi connectivity index (χ0n) is 12.6. The van der Waals surface area contributed by atoms with Crippen LogP contribution in [0.1, 0.15) is 23.5 Å². The first-order valence-electron chi connectivity index (χ1n) is 7.36. The third-order valence-corrected chi connectivity index (χ3v) is 5.00. The molecule has 1 fully saturated rings. The largest absolute Gasteiger partial charge is 0.465 e. The number of hydrogen-bond donors (Lipinski definition) is 0. The highest BCUT2D eigenvalue weighted by Crippen LogP contribution is 2.43. The molecular formula is C16H12BrFN2O4. The van der Waals surface area contributed by atoms with Gasteiger partial charge in [0.05, 0.1) is 16.6 Å². The van der Waals surface area contributed by atoms with Gasteiger partial charge in [-0.1, -0.05) is 6.07 Å². The molecule has 8 heteroatoms. The molecule has 0 radical (unpaired) electrons. The maximum absolute atomic E-state index is 13.6. The van der Waals surface area contributed by atoms with Gasteiger partial charge in [0.1, 0.15) is 11.7 Å². The summed E-state index contributed by atoms with van der Waals surface area (Å²) in [4.78, 5) is 29.1. The molecule has 2 aliphatic rings. The lowest BCUT2D eigenvalue weighted by Crippen LogP contribution is -2.40. The van der Waals surface area contributed by atoms with Crippen molar-refractivity contribution in [2.75, 3.05) is 6.61 Å². The van der Waals surface area contributed by atoms with Crippen molar-refractivity contribution in [1.29, 1.82) is 0 Å². The molecule has 0 amide bonds. The van der Waals surface area contributed by atoms with Crippen LogP contribution >= 0.6 is 15.9 Å². The van der Waals surface area contributed by atoms with Crippen LogP contribution in [0.2, 0.25) is 0 Å². The minimum Gasteiger partial charge on any atom is -0.465 e. The number of esters is 1. The van der Waals surface area contributed by atoms with Gasteiger partial charge >= 0.3 is 11.6 Å². The molecule has 0 N–H and O–H groups in total. The number of rotatable bonds is 1. The number of halogens is 2. The quantitative estimate of drug-likeness (QED) is 0.696. The Balaban J connectivity index is 1.98. The third kappa shape index (κ3) is 2.16. The number of hydrogen-bond acceptors (Lipinski definition) is 5. The summed E-state index contributed by atoms with van der Waals surface area (Å²) in [5.41, 5.74) is 1.02. The maximum atomic E-state index is 13.6. The number of aromatic nitrogens is 1. The predicted molar refractivity (Wildman–Crippen MR) is 86.1 cm³/mol. The Morgan fingerprint density at radius 3 is 2.88 bits per heavy atom. The van der Waals surface area contributed by atoms with Crippen molar-refractivity contribution < 1.29 is 18.4 Å². The number of nitrogens with zero attached hydrogens (tertiary/aromatic N) is 2. The fraction of sp³-hybridized carbons (Fsp3) is 0.312.